The molecule has 1 fully saturated rings. The van der Waals surface area contributed by atoms with E-state index in [0.29, 0.717) is 12.2 Å². The number of piperidine rings is 1. The molecule has 25 heavy (non-hydrogen) atoms. The van der Waals surface area contributed by atoms with Gasteiger partial charge in [-0.05, 0) is 62.1 Å². The Morgan fingerprint density at radius 3 is 2.40 bits per heavy atom. The molecule has 0 unspecified atom stereocenters. The molecule has 0 radical (unpaired) electrons. The molecule has 0 saturated carbocycles. The van der Waals surface area contributed by atoms with Crippen molar-refractivity contribution in [3.63, 3.8) is 0 Å². The number of anilines is 4. The van der Waals surface area contributed by atoms with Crippen LogP contribution in [0.1, 0.15) is 39.0 Å². The number of amides is 1. The van der Waals surface area contributed by atoms with Gasteiger partial charge in [0.2, 0.25) is 5.91 Å². The van der Waals surface area contributed by atoms with Crippen LogP contribution in [0.3, 0.4) is 0 Å². The van der Waals surface area contributed by atoms with Crippen molar-refractivity contribution >= 4 is 28.8 Å². The summed E-state index contributed by atoms with van der Waals surface area (Å²) in [6.07, 6.45) is 7.00. The Hall–Kier alpha value is -2.56. The molecule has 1 saturated heterocycles. The number of carbonyl (C=O) groups is 1. The molecule has 5 heteroatoms. The second-order valence-electron chi connectivity index (χ2n) is 6.45. The number of aromatic nitrogens is 1. The van der Waals surface area contributed by atoms with Crippen LogP contribution in [0.25, 0.3) is 0 Å². The van der Waals surface area contributed by atoms with Gasteiger partial charge in [0, 0.05) is 30.9 Å². The molecular weight excluding hydrogens is 312 g/mol. The lowest BCUT2D eigenvalue weighted by molar-refractivity contribution is -0.116. The van der Waals surface area contributed by atoms with Gasteiger partial charge < -0.3 is 15.5 Å². The zero-order chi connectivity index (χ0) is 17.5. The van der Waals surface area contributed by atoms with Crippen LogP contribution in [-0.2, 0) is 4.79 Å². The number of carbonyl (C=O) groups excluding carboxylic acids is 1. The van der Waals surface area contributed by atoms with Gasteiger partial charge in [0.25, 0.3) is 0 Å². The highest BCUT2D eigenvalue weighted by Crippen LogP contribution is 2.23. The number of hydrogen-bond acceptors (Lipinski definition) is 4. The highest BCUT2D eigenvalue weighted by Gasteiger charge is 2.10. The van der Waals surface area contributed by atoms with Crippen molar-refractivity contribution < 1.29 is 4.79 Å². The van der Waals surface area contributed by atoms with E-state index >= 15 is 0 Å². The summed E-state index contributed by atoms with van der Waals surface area (Å²) in [7, 11) is 0. The normalized spacial score (nSPS) is 14.2. The summed E-state index contributed by atoms with van der Waals surface area (Å²) in [5.74, 6) is 0.591. The monoisotopic (exact) mass is 338 g/mol. The zero-order valence-electron chi connectivity index (χ0n) is 14.8. The van der Waals surface area contributed by atoms with Gasteiger partial charge >= 0.3 is 0 Å². The predicted molar refractivity (Wildman–Crippen MR) is 104 cm³/mol. The molecule has 1 amide bonds. The smallest absolute Gasteiger partial charge is 0.225 e. The molecule has 1 aliphatic heterocycles. The molecule has 2 aromatic rings. The molecule has 2 N–H and O–H groups in total. The van der Waals surface area contributed by atoms with Gasteiger partial charge in [0.05, 0.1) is 11.9 Å². The highest BCUT2D eigenvalue weighted by molar-refractivity contribution is 5.89. The Balaban J connectivity index is 1.57. The van der Waals surface area contributed by atoms with E-state index in [-0.39, 0.29) is 5.91 Å². The van der Waals surface area contributed by atoms with Crippen molar-refractivity contribution in [2.75, 3.05) is 28.6 Å². The number of nitrogens with zero attached hydrogens (tertiary/aromatic N) is 2. The highest BCUT2D eigenvalue weighted by atomic mass is 16.1. The lowest BCUT2D eigenvalue weighted by Crippen LogP contribution is -2.29. The predicted octanol–water partition coefficient (Wildman–Crippen LogP) is 4.55. The van der Waals surface area contributed by atoms with Gasteiger partial charge in [-0.25, -0.2) is 4.98 Å². The number of benzene rings is 1. The van der Waals surface area contributed by atoms with Gasteiger partial charge in [-0.2, -0.15) is 0 Å². The second-order valence-corrected chi connectivity index (χ2v) is 6.45. The third-order valence-electron chi connectivity index (χ3n) is 4.39. The molecule has 0 spiro atoms. The quantitative estimate of drug-likeness (QED) is 0.811. The summed E-state index contributed by atoms with van der Waals surface area (Å²) in [6.45, 7) is 4.29. The number of nitrogens with one attached hydrogen (secondary N) is 2. The Morgan fingerprint density at radius 1 is 1.04 bits per heavy atom. The van der Waals surface area contributed by atoms with Crippen molar-refractivity contribution in [3.05, 3.63) is 42.6 Å². The summed E-state index contributed by atoms with van der Waals surface area (Å²) < 4.78 is 0. The van der Waals surface area contributed by atoms with Crippen molar-refractivity contribution in [1.82, 2.24) is 4.98 Å². The van der Waals surface area contributed by atoms with Gasteiger partial charge in [0.1, 0.15) is 5.82 Å². The Labute approximate surface area is 149 Å². The zero-order valence-corrected chi connectivity index (χ0v) is 14.8. The maximum atomic E-state index is 11.6. The molecule has 1 aliphatic rings. The van der Waals surface area contributed by atoms with E-state index in [9.17, 15) is 4.79 Å². The number of pyridine rings is 1. The van der Waals surface area contributed by atoms with Crippen LogP contribution >= 0.6 is 0 Å². The maximum Gasteiger partial charge on any atom is 0.225 e. The van der Waals surface area contributed by atoms with E-state index in [4.69, 9.17) is 0 Å². The molecule has 0 bridgehead atoms. The lowest BCUT2D eigenvalue weighted by Gasteiger charge is -2.28. The third kappa shape index (κ3) is 4.95. The lowest BCUT2D eigenvalue weighted by atomic mass is 10.1. The number of rotatable bonds is 6. The van der Waals surface area contributed by atoms with E-state index in [1.807, 2.05) is 19.1 Å². The standard InChI is InChI=1S/C20H26N4O/c1-2-6-20(25)23-19-12-9-17(15-21-19)22-16-7-10-18(11-8-16)24-13-4-3-5-14-24/h7-12,15,22H,2-6,13-14H2,1H3,(H,21,23,25). The molecule has 0 atom stereocenters. The molecule has 3 rings (SSSR count). The first-order chi connectivity index (χ1) is 12.2. The van der Waals surface area contributed by atoms with Gasteiger partial charge in [0.15, 0.2) is 0 Å². The topological polar surface area (TPSA) is 57.3 Å². The van der Waals surface area contributed by atoms with Crippen LogP contribution in [-0.4, -0.2) is 24.0 Å². The van der Waals surface area contributed by atoms with Gasteiger partial charge in [-0.1, -0.05) is 6.92 Å². The van der Waals surface area contributed by atoms with Gasteiger partial charge in [-0.15, -0.1) is 0 Å². The van der Waals surface area contributed by atoms with Crippen LogP contribution in [0, 0.1) is 0 Å². The fourth-order valence-electron chi connectivity index (χ4n) is 3.05. The third-order valence-corrected chi connectivity index (χ3v) is 4.39. The maximum absolute atomic E-state index is 11.6. The molecule has 5 nitrogen and oxygen atoms in total. The van der Waals surface area contributed by atoms with E-state index in [2.05, 4.69) is 44.8 Å². The Bertz CT molecular complexity index is 676. The molecule has 2 heterocycles. The van der Waals surface area contributed by atoms with E-state index < -0.39 is 0 Å². The minimum atomic E-state index is 0.00371. The Kier molecular flexibility index (Phi) is 5.88. The first-order valence-corrected chi connectivity index (χ1v) is 9.12. The van der Waals surface area contributed by atoms with Gasteiger partial charge in [-0.3, -0.25) is 4.79 Å². The van der Waals surface area contributed by atoms with Crippen molar-refractivity contribution in [2.45, 2.75) is 39.0 Å². The SMILES string of the molecule is CCCC(=O)Nc1ccc(Nc2ccc(N3CCCCC3)cc2)cn1. The first-order valence-electron chi connectivity index (χ1n) is 9.12. The van der Waals surface area contributed by atoms with E-state index in [0.717, 1.165) is 30.9 Å². The minimum Gasteiger partial charge on any atom is -0.372 e. The summed E-state index contributed by atoms with van der Waals surface area (Å²) in [5, 5.41) is 6.14. The summed E-state index contributed by atoms with van der Waals surface area (Å²) >= 11 is 0. The minimum absolute atomic E-state index is 0.00371. The molecule has 1 aromatic heterocycles. The molecule has 0 aliphatic carbocycles. The fourth-order valence-corrected chi connectivity index (χ4v) is 3.05. The first kappa shape index (κ1) is 17.3. The Morgan fingerprint density at radius 2 is 1.76 bits per heavy atom. The summed E-state index contributed by atoms with van der Waals surface area (Å²) in [4.78, 5) is 18.3. The average molecular weight is 338 g/mol. The van der Waals surface area contributed by atoms with E-state index in [1.165, 1.54) is 24.9 Å². The summed E-state index contributed by atoms with van der Waals surface area (Å²) in [5.41, 5.74) is 3.22. The van der Waals surface area contributed by atoms with E-state index in [1.54, 1.807) is 6.20 Å². The fraction of sp³-hybridized carbons (Fsp3) is 0.400. The van der Waals surface area contributed by atoms with Crippen molar-refractivity contribution in [2.24, 2.45) is 0 Å². The molecule has 132 valence electrons. The van der Waals surface area contributed by atoms with Crippen molar-refractivity contribution in [1.29, 1.82) is 0 Å². The largest absolute Gasteiger partial charge is 0.372 e. The molecule has 1 aromatic carbocycles. The second kappa shape index (κ2) is 8.51. The van der Waals surface area contributed by atoms with Crippen LogP contribution in [0.15, 0.2) is 42.6 Å². The summed E-state index contributed by atoms with van der Waals surface area (Å²) in [6, 6.07) is 12.3. The van der Waals surface area contributed by atoms with Crippen LogP contribution in [0.2, 0.25) is 0 Å². The van der Waals surface area contributed by atoms with Crippen LogP contribution < -0.4 is 15.5 Å². The van der Waals surface area contributed by atoms with Crippen molar-refractivity contribution in [3.8, 4) is 0 Å². The van der Waals surface area contributed by atoms with Crippen LogP contribution in [0.5, 0.6) is 0 Å². The average Bonchev–Trinajstić information content (AvgIpc) is 2.65. The molecular formula is C20H26N4O. The van der Waals surface area contributed by atoms with Crippen LogP contribution in [0.4, 0.5) is 22.9 Å². The number of hydrogen-bond donors (Lipinski definition) is 2.